The fraction of sp³-hybridized carbons (Fsp3) is 0.294. The van der Waals surface area contributed by atoms with E-state index >= 15 is 0 Å². The number of carbonyl (C=O) groups is 1. The zero-order chi connectivity index (χ0) is 31.2. The van der Waals surface area contributed by atoms with Crippen LogP contribution in [0.15, 0.2) is 81.7 Å². The molecule has 2 N–H and O–H groups in total. The van der Waals surface area contributed by atoms with Crippen molar-refractivity contribution in [3.05, 3.63) is 120 Å². The summed E-state index contributed by atoms with van der Waals surface area (Å²) < 4.78 is 7.00. The molecule has 0 saturated carbocycles. The molecule has 1 aliphatic carbocycles. The van der Waals surface area contributed by atoms with Gasteiger partial charge in [-0.15, -0.1) is 0 Å². The molecule has 1 atom stereocenters. The molecule has 0 radical (unpaired) electrons. The zero-order valence-electron chi connectivity index (χ0n) is 24.8. The fourth-order valence-corrected chi connectivity index (χ4v) is 6.58. The van der Waals surface area contributed by atoms with Gasteiger partial charge in [0, 0.05) is 29.8 Å². The third-order valence-corrected chi connectivity index (χ3v) is 8.91. The summed E-state index contributed by atoms with van der Waals surface area (Å²) in [7, 11) is 0. The molecule has 0 saturated heterocycles. The molecule has 5 rings (SSSR count). The molecule has 0 aromatic heterocycles. The first-order chi connectivity index (χ1) is 20.3. The summed E-state index contributed by atoms with van der Waals surface area (Å²) in [6.45, 7) is 10.1. The van der Waals surface area contributed by atoms with E-state index in [0.717, 1.165) is 32.3 Å². The normalized spacial score (nSPS) is 17.9. The third kappa shape index (κ3) is 5.55. The van der Waals surface area contributed by atoms with Crippen LogP contribution in [0.1, 0.15) is 60.4 Å². The van der Waals surface area contributed by atoms with E-state index in [1.807, 2.05) is 65.0 Å². The average Bonchev–Trinajstić information content (AvgIpc) is 2.93. The van der Waals surface area contributed by atoms with Crippen molar-refractivity contribution in [2.45, 2.75) is 60.0 Å². The summed E-state index contributed by atoms with van der Waals surface area (Å²) in [6.07, 6.45) is 0.820. The monoisotopic (exact) mass is 640 g/mol. The minimum atomic E-state index is -0.680. The zero-order valence-corrected chi connectivity index (χ0v) is 26.4. The Morgan fingerprint density at radius 1 is 1.14 bits per heavy atom. The van der Waals surface area contributed by atoms with Gasteiger partial charge in [0.2, 0.25) is 0 Å². The summed E-state index contributed by atoms with van der Waals surface area (Å²) in [5.74, 6) is 0.145. The second kappa shape index (κ2) is 11.3. The summed E-state index contributed by atoms with van der Waals surface area (Å²) in [4.78, 5) is 27.0. The molecule has 2 aliphatic rings. The first kappa shape index (κ1) is 30.1. The van der Waals surface area contributed by atoms with Gasteiger partial charge >= 0.3 is 0 Å². The van der Waals surface area contributed by atoms with E-state index in [4.69, 9.17) is 10.5 Å². The number of carbonyl (C=O) groups excluding carboxylic acids is 1. The van der Waals surface area contributed by atoms with Crippen LogP contribution < -0.4 is 15.4 Å². The van der Waals surface area contributed by atoms with Gasteiger partial charge in [-0.05, 0) is 82.9 Å². The number of nitrogens with two attached hydrogens (primary N) is 1. The van der Waals surface area contributed by atoms with Gasteiger partial charge in [0.15, 0.2) is 5.78 Å². The maximum Gasteiger partial charge on any atom is 0.271 e. The van der Waals surface area contributed by atoms with Crippen LogP contribution >= 0.6 is 15.9 Å². The number of benzene rings is 3. The summed E-state index contributed by atoms with van der Waals surface area (Å²) in [5.41, 5.74) is 12.7. The van der Waals surface area contributed by atoms with Crippen molar-refractivity contribution >= 4 is 33.1 Å². The molecule has 9 heteroatoms. The largest absolute Gasteiger partial charge is 0.488 e. The van der Waals surface area contributed by atoms with Crippen molar-refractivity contribution < 1.29 is 14.5 Å². The van der Waals surface area contributed by atoms with Crippen molar-refractivity contribution in [2.24, 2.45) is 11.1 Å². The predicted octanol–water partition coefficient (Wildman–Crippen LogP) is 7.80. The highest BCUT2D eigenvalue weighted by Crippen LogP contribution is 2.51. The Labute approximate surface area is 259 Å². The van der Waals surface area contributed by atoms with Gasteiger partial charge < -0.3 is 10.5 Å². The third-order valence-electron chi connectivity index (χ3n) is 8.26. The molecule has 3 aromatic carbocycles. The predicted molar refractivity (Wildman–Crippen MR) is 169 cm³/mol. The van der Waals surface area contributed by atoms with Crippen LogP contribution in [0.3, 0.4) is 0 Å². The van der Waals surface area contributed by atoms with Crippen LogP contribution in [0.25, 0.3) is 0 Å². The van der Waals surface area contributed by atoms with Crippen LogP contribution in [-0.4, -0.2) is 10.7 Å². The maximum atomic E-state index is 14.1. The minimum Gasteiger partial charge on any atom is -0.488 e. The van der Waals surface area contributed by atoms with E-state index in [9.17, 15) is 20.2 Å². The van der Waals surface area contributed by atoms with Crippen LogP contribution in [0, 0.1) is 47.6 Å². The lowest BCUT2D eigenvalue weighted by molar-refractivity contribution is -0.384. The number of para-hydroxylation sites is 1. The molecule has 0 spiro atoms. The lowest BCUT2D eigenvalue weighted by Gasteiger charge is -2.44. The van der Waals surface area contributed by atoms with Crippen LogP contribution in [0.2, 0.25) is 0 Å². The Hall–Kier alpha value is -4.42. The number of rotatable bonds is 6. The fourth-order valence-electron chi connectivity index (χ4n) is 6.18. The van der Waals surface area contributed by atoms with E-state index in [-0.39, 0.29) is 28.3 Å². The highest BCUT2D eigenvalue weighted by Gasteiger charge is 2.45. The minimum absolute atomic E-state index is 0.0588. The second-order valence-electron chi connectivity index (χ2n) is 12.1. The number of non-ortho nitro benzene ring substituents is 1. The summed E-state index contributed by atoms with van der Waals surface area (Å²) >= 11 is 3.53. The van der Waals surface area contributed by atoms with Crippen molar-refractivity contribution in [2.75, 3.05) is 4.90 Å². The Bertz CT molecular complexity index is 1780. The molecular formula is C34H33BrN4O4. The van der Waals surface area contributed by atoms with E-state index in [1.54, 1.807) is 11.0 Å². The number of halogens is 1. The molecule has 220 valence electrons. The van der Waals surface area contributed by atoms with Gasteiger partial charge in [-0.25, -0.2) is 0 Å². The van der Waals surface area contributed by atoms with Gasteiger partial charge in [0.1, 0.15) is 18.2 Å². The first-order valence-electron chi connectivity index (χ1n) is 14.0. The van der Waals surface area contributed by atoms with E-state index in [2.05, 4.69) is 28.1 Å². The summed E-state index contributed by atoms with van der Waals surface area (Å²) in [5, 5.41) is 22.3. The van der Waals surface area contributed by atoms with Gasteiger partial charge in [0.05, 0.1) is 32.6 Å². The highest BCUT2D eigenvalue weighted by atomic mass is 79.9. The van der Waals surface area contributed by atoms with Gasteiger partial charge in [0.25, 0.3) is 5.69 Å². The van der Waals surface area contributed by atoms with E-state index in [0.29, 0.717) is 42.2 Å². The number of anilines is 1. The first-order valence-corrected chi connectivity index (χ1v) is 14.8. The SMILES string of the molecule is Cc1cc(COc2ccccc2Br)c(C)c(C2C(C#N)=C(N)N(c3cc([N+](=O)[O-])ccc3C)C3=C2C(=O)CC(C)(C)C3)c1. The molecule has 1 aliphatic heterocycles. The van der Waals surface area contributed by atoms with Gasteiger partial charge in [-0.1, -0.05) is 49.7 Å². The van der Waals surface area contributed by atoms with E-state index in [1.165, 1.54) is 12.1 Å². The van der Waals surface area contributed by atoms with Crippen LogP contribution in [-0.2, 0) is 11.4 Å². The number of allylic oxidation sites excluding steroid dienone is 3. The van der Waals surface area contributed by atoms with Crippen LogP contribution in [0.5, 0.6) is 5.75 Å². The number of nitriles is 1. The maximum absolute atomic E-state index is 14.1. The number of aryl methyl sites for hydroxylation is 2. The number of nitrogens with zero attached hydrogens (tertiary/aromatic N) is 3. The lowest BCUT2D eigenvalue weighted by atomic mass is 9.67. The van der Waals surface area contributed by atoms with Crippen molar-refractivity contribution in [3.63, 3.8) is 0 Å². The Morgan fingerprint density at radius 3 is 2.53 bits per heavy atom. The lowest BCUT2D eigenvalue weighted by Crippen LogP contribution is -2.42. The molecule has 0 amide bonds. The van der Waals surface area contributed by atoms with Crippen molar-refractivity contribution in [1.82, 2.24) is 0 Å². The van der Waals surface area contributed by atoms with Gasteiger partial charge in [-0.2, -0.15) is 5.26 Å². The molecule has 8 nitrogen and oxygen atoms in total. The number of hydrogen-bond acceptors (Lipinski definition) is 7. The molecule has 1 heterocycles. The molecule has 0 fully saturated rings. The number of ketones is 1. The smallest absolute Gasteiger partial charge is 0.271 e. The van der Waals surface area contributed by atoms with Crippen molar-refractivity contribution in [3.8, 4) is 11.8 Å². The molecule has 1 unspecified atom stereocenters. The molecule has 43 heavy (non-hydrogen) atoms. The van der Waals surface area contributed by atoms with Gasteiger partial charge in [-0.3, -0.25) is 19.8 Å². The number of Topliss-reactive ketones (excluding diaryl/α,β-unsaturated/α-hetero) is 1. The average molecular weight is 642 g/mol. The van der Waals surface area contributed by atoms with Crippen LogP contribution in [0.4, 0.5) is 11.4 Å². The Balaban J connectivity index is 1.71. The Kier molecular flexibility index (Phi) is 7.93. The Morgan fingerprint density at radius 2 is 1.86 bits per heavy atom. The quantitative estimate of drug-likeness (QED) is 0.215. The number of nitro benzene ring substituents is 1. The molecule has 0 bridgehead atoms. The standard InChI is InChI=1S/C34H33BrN4O4/c1-19-12-22(18-43-30-9-7-6-8-26(30)35)21(3)24(13-19)31-25(17-36)33(37)38(27-14-23(39(41)42)11-10-20(27)2)28-15-34(4,5)16-29(40)32(28)31/h6-14,31H,15-16,18,37H2,1-5H3. The van der Waals surface area contributed by atoms with Crippen molar-refractivity contribution in [1.29, 1.82) is 5.26 Å². The molecular weight excluding hydrogens is 608 g/mol. The number of hydrogen-bond donors (Lipinski definition) is 1. The van der Waals surface area contributed by atoms with E-state index < -0.39 is 10.8 Å². The second-order valence-corrected chi connectivity index (χ2v) is 12.9. The molecule has 3 aromatic rings. The number of nitro groups is 1. The number of ether oxygens (including phenoxy) is 1. The summed E-state index contributed by atoms with van der Waals surface area (Å²) in [6, 6.07) is 18.6. The highest BCUT2D eigenvalue weighted by molar-refractivity contribution is 9.10. The topological polar surface area (TPSA) is 122 Å².